The van der Waals surface area contributed by atoms with Crippen LogP contribution in [0.3, 0.4) is 0 Å². The molecule has 0 bridgehead atoms. The van der Waals surface area contributed by atoms with E-state index in [4.69, 9.17) is 4.98 Å². The Morgan fingerprint density at radius 2 is 1.54 bits per heavy atom. The molecule has 0 aliphatic carbocycles. The van der Waals surface area contributed by atoms with Gasteiger partial charge >= 0.3 is 0 Å². The van der Waals surface area contributed by atoms with Gasteiger partial charge in [-0.05, 0) is 99.4 Å². The molecular weight excluding hydrogens is 489 g/mol. The average Bonchev–Trinajstić information content (AvgIpc) is 3.33. The Balaban J connectivity index is 1.07. The number of benzene rings is 3. The van der Waals surface area contributed by atoms with Crippen LogP contribution in [0.1, 0.15) is 29.8 Å². The molecule has 6 nitrogen and oxygen atoms in total. The zero-order chi connectivity index (χ0) is 26.9. The number of carbonyl (C=O) groups is 1. The second-order valence-corrected chi connectivity index (χ2v) is 11.0. The highest BCUT2D eigenvalue weighted by atomic mass is 19.1. The van der Waals surface area contributed by atoms with E-state index in [9.17, 15) is 9.18 Å². The Morgan fingerprint density at radius 1 is 0.846 bits per heavy atom. The summed E-state index contributed by atoms with van der Waals surface area (Å²) in [5, 5.41) is 0. The van der Waals surface area contributed by atoms with E-state index >= 15 is 0 Å². The lowest BCUT2D eigenvalue weighted by molar-refractivity contribution is -0.137. The number of piperazine rings is 1. The third-order valence-electron chi connectivity index (χ3n) is 8.46. The molecule has 1 aromatic heterocycles. The smallest absolute Gasteiger partial charge is 0.225 e. The van der Waals surface area contributed by atoms with E-state index in [0.717, 1.165) is 74.7 Å². The number of fused-ring (bicyclic) bond motifs is 1. The molecule has 0 N–H and O–H groups in total. The van der Waals surface area contributed by atoms with Gasteiger partial charge in [-0.2, -0.15) is 0 Å². The summed E-state index contributed by atoms with van der Waals surface area (Å²) in [4.78, 5) is 25.2. The molecule has 0 radical (unpaired) electrons. The summed E-state index contributed by atoms with van der Waals surface area (Å²) in [6.07, 6.45) is 1.74. The standard InChI is InChI=1S/C32H36FN5O/c1-23-7-10-28(21-24(23)2)36-17-19-37(20-18-36)32(39)25-13-15-35(16-14-25)22-31-34-29-5-3-4-6-30(29)38(31)27-11-8-26(33)9-12-27/h3-12,21,25H,13-20,22H2,1-2H3. The number of imidazole rings is 1. The van der Waals surface area contributed by atoms with E-state index in [1.165, 1.54) is 28.9 Å². The topological polar surface area (TPSA) is 44.6 Å². The first-order valence-electron chi connectivity index (χ1n) is 14.0. The number of carbonyl (C=O) groups excluding carboxylic acids is 1. The lowest BCUT2D eigenvalue weighted by Gasteiger charge is -2.39. The Kier molecular flexibility index (Phi) is 7.09. The van der Waals surface area contributed by atoms with E-state index in [-0.39, 0.29) is 11.7 Å². The molecule has 0 unspecified atom stereocenters. The molecule has 1 amide bonds. The average molecular weight is 526 g/mol. The third-order valence-corrected chi connectivity index (χ3v) is 8.46. The van der Waals surface area contributed by atoms with Gasteiger partial charge in [0, 0.05) is 43.5 Å². The molecule has 4 aromatic rings. The number of aromatic nitrogens is 2. The molecule has 202 valence electrons. The van der Waals surface area contributed by atoms with Crippen molar-refractivity contribution in [2.75, 3.05) is 44.2 Å². The van der Waals surface area contributed by atoms with Crippen LogP contribution in [0.25, 0.3) is 16.7 Å². The van der Waals surface area contributed by atoms with Crippen LogP contribution in [0.4, 0.5) is 10.1 Å². The van der Waals surface area contributed by atoms with Gasteiger partial charge in [0.25, 0.3) is 0 Å². The van der Waals surface area contributed by atoms with E-state index in [1.54, 1.807) is 12.1 Å². The molecule has 7 heteroatoms. The second-order valence-electron chi connectivity index (χ2n) is 11.0. The molecule has 0 spiro atoms. The number of amides is 1. The minimum atomic E-state index is -0.247. The number of nitrogens with zero attached hydrogens (tertiary/aromatic N) is 5. The van der Waals surface area contributed by atoms with Gasteiger partial charge in [-0.1, -0.05) is 18.2 Å². The third kappa shape index (κ3) is 5.28. The summed E-state index contributed by atoms with van der Waals surface area (Å²) in [6, 6.07) is 21.3. The van der Waals surface area contributed by atoms with E-state index in [0.29, 0.717) is 12.5 Å². The highest BCUT2D eigenvalue weighted by Gasteiger charge is 2.31. The van der Waals surface area contributed by atoms with E-state index < -0.39 is 0 Å². The van der Waals surface area contributed by atoms with Crippen molar-refractivity contribution >= 4 is 22.6 Å². The fraction of sp³-hybridized carbons (Fsp3) is 0.375. The molecule has 3 heterocycles. The van der Waals surface area contributed by atoms with Gasteiger partial charge in [-0.3, -0.25) is 14.3 Å². The Hall–Kier alpha value is -3.71. The zero-order valence-electron chi connectivity index (χ0n) is 22.8. The predicted octanol–water partition coefficient (Wildman–Crippen LogP) is 5.34. The number of hydrogen-bond donors (Lipinski definition) is 0. The van der Waals surface area contributed by atoms with Crippen LogP contribution in [0.2, 0.25) is 0 Å². The summed E-state index contributed by atoms with van der Waals surface area (Å²) in [6.45, 7) is 10.1. The van der Waals surface area contributed by atoms with E-state index in [1.807, 2.05) is 18.2 Å². The number of likely N-dealkylation sites (tertiary alicyclic amines) is 1. The van der Waals surface area contributed by atoms with Crippen molar-refractivity contribution in [2.45, 2.75) is 33.2 Å². The number of para-hydroxylation sites is 2. The maximum atomic E-state index is 13.6. The Bertz CT molecular complexity index is 1460. The minimum absolute atomic E-state index is 0.0883. The van der Waals surface area contributed by atoms with Crippen molar-refractivity contribution in [2.24, 2.45) is 5.92 Å². The molecule has 2 aliphatic heterocycles. The van der Waals surface area contributed by atoms with Gasteiger partial charge < -0.3 is 9.80 Å². The van der Waals surface area contributed by atoms with Crippen LogP contribution in [0.5, 0.6) is 0 Å². The van der Waals surface area contributed by atoms with Crippen LogP contribution in [0.15, 0.2) is 66.7 Å². The van der Waals surface area contributed by atoms with Gasteiger partial charge in [0.2, 0.25) is 5.91 Å². The first-order chi connectivity index (χ1) is 19.0. The van der Waals surface area contributed by atoms with Gasteiger partial charge in [0.15, 0.2) is 0 Å². The molecule has 3 aromatic carbocycles. The quantitative estimate of drug-likeness (QED) is 0.353. The summed E-state index contributed by atoms with van der Waals surface area (Å²) >= 11 is 0. The largest absolute Gasteiger partial charge is 0.368 e. The van der Waals surface area contributed by atoms with Crippen LogP contribution in [-0.4, -0.2) is 64.5 Å². The molecular formula is C32H36FN5O. The Labute approximate surface area is 229 Å². The fourth-order valence-electron chi connectivity index (χ4n) is 5.96. The number of anilines is 1. The molecule has 2 fully saturated rings. The Morgan fingerprint density at radius 3 is 2.26 bits per heavy atom. The van der Waals surface area contributed by atoms with E-state index in [2.05, 4.69) is 57.4 Å². The molecule has 2 saturated heterocycles. The van der Waals surface area contributed by atoms with Crippen molar-refractivity contribution in [3.05, 3.63) is 89.5 Å². The molecule has 2 aliphatic rings. The molecule has 39 heavy (non-hydrogen) atoms. The number of rotatable bonds is 5. The number of aryl methyl sites for hydroxylation is 2. The number of hydrogen-bond acceptors (Lipinski definition) is 4. The van der Waals surface area contributed by atoms with Crippen LogP contribution in [0, 0.1) is 25.6 Å². The summed E-state index contributed by atoms with van der Waals surface area (Å²) in [5.74, 6) is 1.09. The highest BCUT2D eigenvalue weighted by molar-refractivity contribution is 5.79. The molecule has 0 atom stereocenters. The summed E-state index contributed by atoms with van der Waals surface area (Å²) < 4.78 is 15.7. The lowest BCUT2D eigenvalue weighted by atomic mass is 9.95. The maximum Gasteiger partial charge on any atom is 0.225 e. The first kappa shape index (κ1) is 25.6. The highest BCUT2D eigenvalue weighted by Crippen LogP contribution is 2.27. The van der Waals surface area contributed by atoms with Gasteiger partial charge in [0.05, 0.1) is 17.6 Å². The monoisotopic (exact) mass is 525 g/mol. The van der Waals surface area contributed by atoms with Crippen molar-refractivity contribution < 1.29 is 9.18 Å². The van der Waals surface area contributed by atoms with Crippen LogP contribution >= 0.6 is 0 Å². The van der Waals surface area contributed by atoms with Gasteiger partial charge in [-0.15, -0.1) is 0 Å². The molecule has 6 rings (SSSR count). The van der Waals surface area contributed by atoms with Crippen molar-refractivity contribution in [1.29, 1.82) is 0 Å². The zero-order valence-corrected chi connectivity index (χ0v) is 22.8. The normalized spacial score (nSPS) is 17.2. The SMILES string of the molecule is Cc1ccc(N2CCN(C(=O)C3CCN(Cc4nc5ccccc5n4-c4ccc(F)cc4)CC3)CC2)cc1C. The van der Waals surface area contributed by atoms with Crippen LogP contribution < -0.4 is 4.90 Å². The summed E-state index contributed by atoms with van der Waals surface area (Å²) in [5.41, 5.74) is 6.74. The van der Waals surface area contributed by atoms with Crippen molar-refractivity contribution in [3.63, 3.8) is 0 Å². The fourth-order valence-corrected chi connectivity index (χ4v) is 5.96. The van der Waals surface area contributed by atoms with Gasteiger partial charge in [-0.25, -0.2) is 9.37 Å². The number of piperidine rings is 1. The number of halogens is 1. The molecule has 0 saturated carbocycles. The summed E-state index contributed by atoms with van der Waals surface area (Å²) in [7, 11) is 0. The lowest BCUT2D eigenvalue weighted by Crippen LogP contribution is -2.51. The van der Waals surface area contributed by atoms with Crippen LogP contribution in [-0.2, 0) is 11.3 Å². The second kappa shape index (κ2) is 10.8. The van der Waals surface area contributed by atoms with Gasteiger partial charge in [0.1, 0.15) is 11.6 Å². The predicted molar refractivity (Wildman–Crippen MR) is 154 cm³/mol. The first-order valence-corrected chi connectivity index (χ1v) is 14.0. The minimum Gasteiger partial charge on any atom is -0.368 e. The maximum absolute atomic E-state index is 13.6. The van der Waals surface area contributed by atoms with Crippen molar-refractivity contribution in [1.82, 2.24) is 19.4 Å². The van der Waals surface area contributed by atoms with Crippen molar-refractivity contribution in [3.8, 4) is 5.69 Å².